The smallest absolute Gasteiger partial charge is 0.141 e. The molecule has 94 valence electrons. The number of nitrogens with zero attached hydrogens (tertiary/aromatic N) is 1. The zero-order valence-corrected chi connectivity index (χ0v) is 10.3. The van der Waals surface area contributed by atoms with Crippen LogP contribution in [-0.4, -0.2) is 10.1 Å². The van der Waals surface area contributed by atoms with E-state index in [1.807, 2.05) is 0 Å². The lowest BCUT2D eigenvalue weighted by Crippen LogP contribution is -2.23. The molecule has 1 aliphatic carbocycles. The van der Waals surface area contributed by atoms with Crippen LogP contribution in [0.3, 0.4) is 0 Å². The third-order valence-corrected chi connectivity index (χ3v) is 3.79. The van der Waals surface area contributed by atoms with Crippen molar-refractivity contribution in [1.29, 1.82) is 0 Å². The van der Waals surface area contributed by atoms with Gasteiger partial charge in [0.25, 0.3) is 0 Å². The molecule has 2 rings (SSSR count). The molecule has 0 spiro atoms. The zero-order valence-electron chi connectivity index (χ0n) is 10.3. The van der Waals surface area contributed by atoms with Gasteiger partial charge in [-0.3, -0.25) is 4.98 Å². The fourth-order valence-corrected chi connectivity index (χ4v) is 2.61. The molecule has 0 amide bonds. The Morgan fingerprint density at radius 1 is 1.41 bits per heavy atom. The second-order valence-corrected chi connectivity index (χ2v) is 5.32. The van der Waals surface area contributed by atoms with Crippen molar-refractivity contribution < 1.29 is 9.50 Å². The van der Waals surface area contributed by atoms with Crippen molar-refractivity contribution in [3.8, 4) is 0 Å². The molecule has 1 unspecified atom stereocenters. The third-order valence-electron chi connectivity index (χ3n) is 3.79. The Bertz CT molecular complexity index is 355. The fraction of sp³-hybridized carbons (Fsp3) is 0.643. The molecule has 1 aromatic heterocycles. The fourth-order valence-electron chi connectivity index (χ4n) is 2.61. The Morgan fingerprint density at radius 2 is 2.12 bits per heavy atom. The van der Waals surface area contributed by atoms with Gasteiger partial charge >= 0.3 is 0 Å². The maximum Gasteiger partial charge on any atom is 0.141 e. The van der Waals surface area contributed by atoms with Crippen LogP contribution in [-0.2, 0) is 5.60 Å². The molecule has 0 aliphatic heterocycles. The molecule has 0 radical (unpaired) electrons. The third kappa shape index (κ3) is 3.25. The monoisotopic (exact) mass is 237 g/mol. The second-order valence-electron chi connectivity index (χ2n) is 5.32. The van der Waals surface area contributed by atoms with E-state index in [2.05, 4.69) is 4.98 Å². The van der Waals surface area contributed by atoms with Gasteiger partial charge in [-0.1, -0.05) is 25.7 Å². The molecule has 17 heavy (non-hydrogen) atoms. The van der Waals surface area contributed by atoms with Gasteiger partial charge in [0.2, 0.25) is 0 Å². The highest BCUT2D eigenvalue weighted by atomic mass is 19.1. The first-order chi connectivity index (χ1) is 8.08. The number of rotatable bonds is 4. The van der Waals surface area contributed by atoms with Gasteiger partial charge in [-0.2, -0.15) is 0 Å². The Labute approximate surface area is 102 Å². The molecule has 1 saturated carbocycles. The molecule has 1 aromatic rings. The molecule has 1 fully saturated rings. The second kappa shape index (κ2) is 5.13. The van der Waals surface area contributed by atoms with Gasteiger partial charge < -0.3 is 5.11 Å². The summed E-state index contributed by atoms with van der Waals surface area (Å²) in [5.74, 6) is 0.391. The first kappa shape index (κ1) is 12.5. The van der Waals surface area contributed by atoms with E-state index in [0.717, 1.165) is 12.3 Å². The lowest BCUT2D eigenvalue weighted by atomic mass is 9.90. The van der Waals surface area contributed by atoms with Gasteiger partial charge in [-0.15, -0.1) is 0 Å². The minimum atomic E-state index is -0.934. The standard InChI is InChI=1S/C14H20FNO/c1-14(17,9-8-11-4-2-3-5-11)13-7-6-12(15)10-16-13/h6-7,10-11,17H,2-5,8-9H2,1H3. The molecular weight excluding hydrogens is 217 g/mol. The van der Waals surface area contributed by atoms with E-state index in [1.54, 1.807) is 13.0 Å². The summed E-state index contributed by atoms with van der Waals surface area (Å²) in [6.45, 7) is 1.77. The van der Waals surface area contributed by atoms with Gasteiger partial charge in [-0.05, 0) is 37.8 Å². The van der Waals surface area contributed by atoms with Crippen molar-refractivity contribution in [2.24, 2.45) is 5.92 Å². The number of aliphatic hydroxyl groups is 1. The highest BCUT2D eigenvalue weighted by Crippen LogP contribution is 2.33. The van der Waals surface area contributed by atoms with Crippen molar-refractivity contribution in [2.45, 2.75) is 51.0 Å². The lowest BCUT2D eigenvalue weighted by Gasteiger charge is -2.24. The number of pyridine rings is 1. The van der Waals surface area contributed by atoms with Gasteiger partial charge in [0.15, 0.2) is 0 Å². The van der Waals surface area contributed by atoms with Crippen LogP contribution in [0.5, 0.6) is 0 Å². The Kier molecular flexibility index (Phi) is 3.77. The summed E-state index contributed by atoms with van der Waals surface area (Å²) in [6, 6.07) is 2.93. The predicted octanol–water partition coefficient (Wildman–Crippen LogP) is 3.40. The number of hydrogen-bond donors (Lipinski definition) is 1. The summed E-state index contributed by atoms with van der Waals surface area (Å²) in [5.41, 5.74) is -0.368. The molecule has 0 bridgehead atoms. The van der Waals surface area contributed by atoms with Crippen LogP contribution in [0.2, 0.25) is 0 Å². The summed E-state index contributed by atoms with van der Waals surface area (Å²) >= 11 is 0. The van der Waals surface area contributed by atoms with Crippen LogP contribution in [0.25, 0.3) is 0 Å². The van der Waals surface area contributed by atoms with Crippen molar-refractivity contribution in [2.75, 3.05) is 0 Å². The molecule has 0 aromatic carbocycles. The molecule has 1 N–H and O–H groups in total. The molecular formula is C14H20FNO. The van der Waals surface area contributed by atoms with Crippen LogP contribution in [0.4, 0.5) is 4.39 Å². The van der Waals surface area contributed by atoms with Gasteiger partial charge in [0.05, 0.1) is 11.9 Å². The topological polar surface area (TPSA) is 33.1 Å². The van der Waals surface area contributed by atoms with Crippen molar-refractivity contribution in [3.63, 3.8) is 0 Å². The number of aromatic nitrogens is 1. The van der Waals surface area contributed by atoms with Crippen LogP contribution in [0, 0.1) is 11.7 Å². The van der Waals surface area contributed by atoms with E-state index in [1.165, 1.54) is 37.9 Å². The number of hydrogen-bond acceptors (Lipinski definition) is 2. The molecule has 0 saturated heterocycles. The molecule has 1 atom stereocenters. The Hall–Kier alpha value is -0.960. The summed E-state index contributed by atoms with van der Waals surface area (Å²) in [5, 5.41) is 10.4. The highest BCUT2D eigenvalue weighted by Gasteiger charge is 2.26. The molecule has 1 heterocycles. The van der Waals surface area contributed by atoms with E-state index in [4.69, 9.17) is 0 Å². The summed E-state index contributed by atoms with van der Waals surface area (Å²) < 4.78 is 12.8. The van der Waals surface area contributed by atoms with Crippen molar-refractivity contribution in [1.82, 2.24) is 4.98 Å². The van der Waals surface area contributed by atoms with Gasteiger partial charge in [0, 0.05) is 0 Å². The maximum atomic E-state index is 12.8. The summed E-state index contributed by atoms with van der Waals surface area (Å²) in [6.07, 6.45) is 8.12. The SMILES string of the molecule is CC(O)(CCC1CCCC1)c1ccc(F)cn1. The van der Waals surface area contributed by atoms with Gasteiger partial charge in [0.1, 0.15) is 11.4 Å². The average Bonchev–Trinajstić information content (AvgIpc) is 2.80. The predicted molar refractivity (Wildman–Crippen MR) is 65.0 cm³/mol. The minimum absolute atomic E-state index is 0.361. The largest absolute Gasteiger partial charge is 0.384 e. The lowest BCUT2D eigenvalue weighted by molar-refractivity contribution is 0.0364. The van der Waals surface area contributed by atoms with E-state index in [-0.39, 0.29) is 5.82 Å². The average molecular weight is 237 g/mol. The Morgan fingerprint density at radius 3 is 2.71 bits per heavy atom. The maximum absolute atomic E-state index is 12.8. The summed E-state index contributed by atoms with van der Waals surface area (Å²) in [4.78, 5) is 3.97. The van der Waals surface area contributed by atoms with Crippen LogP contribution < -0.4 is 0 Å². The van der Waals surface area contributed by atoms with E-state index in [0.29, 0.717) is 12.1 Å². The van der Waals surface area contributed by atoms with E-state index < -0.39 is 5.60 Å². The highest BCUT2D eigenvalue weighted by molar-refractivity contribution is 5.12. The van der Waals surface area contributed by atoms with Crippen molar-refractivity contribution in [3.05, 3.63) is 29.8 Å². The van der Waals surface area contributed by atoms with E-state index >= 15 is 0 Å². The zero-order chi connectivity index (χ0) is 12.3. The molecule has 2 nitrogen and oxygen atoms in total. The Balaban J connectivity index is 1.94. The molecule has 3 heteroatoms. The summed E-state index contributed by atoms with van der Waals surface area (Å²) in [7, 11) is 0. The van der Waals surface area contributed by atoms with Gasteiger partial charge in [-0.25, -0.2) is 4.39 Å². The van der Waals surface area contributed by atoms with E-state index in [9.17, 15) is 9.50 Å². The van der Waals surface area contributed by atoms with Crippen LogP contribution in [0.1, 0.15) is 51.1 Å². The normalized spacial score (nSPS) is 20.4. The van der Waals surface area contributed by atoms with Crippen molar-refractivity contribution >= 4 is 0 Å². The van der Waals surface area contributed by atoms with Crippen LogP contribution >= 0.6 is 0 Å². The molecule has 1 aliphatic rings. The quantitative estimate of drug-likeness (QED) is 0.870. The number of halogens is 1. The minimum Gasteiger partial charge on any atom is -0.384 e. The first-order valence-electron chi connectivity index (χ1n) is 6.42. The van der Waals surface area contributed by atoms with Crippen LogP contribution in [0.15, 0.2) is 18.3 Å². The first-order valence-corrected chi connectivity index (χ1v) is 6.42.